The minimum atomic E-state index is -0.369. The number of hydrogen-bond donors (Lipinski definition) is 2. The molecule has 0 saturated carbocycles. The van der Waals surface area contributed by atoms with Crippen molar-refractivity contribution in [2.75, 3.05) is 106 Å². The fourth-order valence-electron chi connectivity index (χ4n) is 6.32. The van der Waals surface area contributed by atoms with E-state index in [9.17, 15) is 9.59 Å². The molecular formula is C35H48N10O3. The van der Waals surface area contributed by atoms with Gasteiger partial charge in [0.2, 0.25) is 11.9 Å². The molecule has 3 aliphatic rings. The summed E-state index contributed by atoms with van der Waals surface area (Å²) < 4.78 is 5.57. The van der Waals surface area contributed by atoms with Gasteiger partial charge in [-0.1, -0.05) is 6.92 Å². The Kier molecular flexibility index (Phi) is 11.0. The highest BCUT2D eigenvalue weighted by Gasteiger charge is 2.24. The molecule has 6 rings (SSSR count). The van der Waals surface area contributed by atoms with Crippen molar-refractivity contribution in [2.45, 2.75) is 33.2 Å². The zero-order chi connectivity index (χ0) is 33.5. The second-order valence-corrected chi connectivity index (χ2v) is 12.8. The van der Waals surface area contributed by atoms with Gasteiger partial charge in [-0.3, -0.25) is 9.69 Å². The summed E-state index contributed by atoms with van der Waals surface area (Å²) in [6, 6.07) is 14.7. The van der Waals surface area contributed by atoms with Gasteiger partial charge in [-0.15, -0.1) is 0 Å². The van der Waals surface area contributed by atoms with Crippen LogP contribution in [0.25, 0.3) is 11.4 Å². The van der Waals surface area contributed by atoms with E-state index in [1.165, 1.54) is 0 Å². The van der Waals surface area contributed by atoms with E-state index >= 15 is 0 Å². The Bertz CT molecular complexity index is 1520. The van der Waals surface area contributed by atoms with E-state index in [1.54, 1.807) is 24.3 Å². The van der Waals surface area contributed by atoms with Crippen LogP contribution in [0.5, 0.6) is 0 Å². The zero-order valence-electron chi connectivity index (χ0n) is 28.4. The van der Waals surface area contributed by atoms with Crippen molar-refractivity contribution < 1.29 is 14.3 Å². The number of nitrogens with zero attached hydrogens (tertiary/aromatic N) is 8. The fraction of sp³-hybridized carbons (Fsp3) is 0.514. The molecule has 0 unspecified atom stereocenters. The molecule has 3 aliphatic heterocycles. The maximum atomic E-state index is 12.9. The first kappa shape index (κ1) is 33.6. The lowest BCUT2D eigenvalue weighted by Gasteiger charge is -2.34. The molecule has 0 atom stereocenters. The number of amides is 3. The number of aromatic nitrogens is 3. The zero-order valence-corrected chi connectivity index (χ0v) is 28.4. The van der Waals surface area contributed by atoms with Crippen LogP contribution in [-0.2, 0) is 4.74 Å². The number of rotatable bonds is 8. The van der Waals surface area contributed by atoms with Crippen LogP contribution < -0.4 is 20.4 Å². The number of urea groups is 1. The SMILES string of the molecule is CCN1CCN(C(=O)c2ccc(NC(=O)Nc3ccc(-c4nc(N5CCOCC5)nc(N5CCCN(C(C)C)CC5)n4)cc3)cc2)CC1. The number of benzene rings is 2. The van der Waals surface area contributed by atoms with Crippen LogP contribution in [0.4, 0.5) is 28.1 Å². The smallest absolute Gasteiger partial charge is 0.323 e. The van der Waals surface area contributed by atoms with Crippen molar-refractivity contribution in [3.8, 4) is 11.4 Å². The van der Waals surface area contributed by atoms with Crippen LogP contribution in [-0.4, -0.2) is 133 Å². The van der Waals surface area contributed by atoms with E-state index in [0.717, 1.165) is 84.0 Å². The predicted octanol–water partition coefficient (Wildman–Crippen LogP) is 3.72. The standard InChI is InChI=1S/C35H48N10O3/c1-4-41-16-18-43(19-17-41)32(46)28-8-12-30(13-9-28)37-35(47)36-29-10-6-27(7-11-29)31-38-33(40-34(39-31)45-22-24-48-25-23-45)44-15-5-14-42(20-21-44)26(2)3/h6-13,26H,4-5,14-25H2,1-3H3,(H2,36,37,47). The third-order valence-corrected chi connectivity index (χ3v) is 9.35. The van der Waals surface area contributed by atoms with E-state index in [4.69, 9.17) is 19.7 Å². The van der Waals surface area contributed by atoms with Gasteiger partial charge in [-0.05, 0) is 75.3 Å². The number of ether oxygens (including phenoxy) is 1. The summed E-state index contributed by atoms with van der Waals surface area (Å²) in [4.78, 5) is 51.7. The molecule has 1 aromatic heterocycles. The summed E-state index contributed by atoms with van der Waals surface area (Å²) in [5.74, 6) is 1.98. The molecular weight excluding hydrogens is 608 g/mol. The maximum absolute atomic E-state index is 12.9. The highest BCUT2D eigenvalue weighted by Crippen LogP contribution is 2.25. The Labute approximate surface area is 283 Å². The summed E-state index contributed by atoms with van der Waals surface area (Å²) >= 11 is 0. The molecule has 2 N–H and O–H groups in total. The average molecular weight is 657 g/mol. The Hall–Kier alpha value is -4.33. The quantitative estimate of drug-likeness (QED) is 0.371. The molecule has 0 spiro atoms. The highest BCUT2D eigenvalue weighted by molar-refractivity contribution is 6.00. The summed E-state index contributed by atoms with van der Waals surface area (Å²) in [7, 11) is 0. The van der Waals surface area contributed by atoms with Gasteiger partial charge < -0.3 is 35.0 Å². The fourth-order valence-corrected chi connectivity index (χ4v) is 6.32. The third-order valence-electron chi connectivity index (χ3n) is 9.35. The van der Waals surface area contributed by atoms with Crippen molar-refractivity contribution >= 4 is 35.2 Å². The maximum Gasteiger partial charge on any atom is 0.323 e. The number of carbonyl (C=O) groups excluding carboxylic acids is 2. The average Bonchev–Trinajstić information content (AvgIpc) is 3.39. The Morgan fingerprint density at radius 2 is 1.33 bits per heavy atom. The van der Waals surface area contributed by atoms with Crippen LogP contribution in [0.15, 0.2) is 48.5 Å². The van der Waals surface area contributed by atoms with Gasteiger partial charge in [-0.25, -0.2) is 4.79 Å². The molecule has 0 radical (unpaired) electrons. The van der Waals surface area contributed by atoms with Crippen molar-refractivity contribution in [2.24, 2.45) is 0 Å². The van der Waals surface area contributed by atoms with Crippen molar-refractivity contribution in [1.82, 2.24) is 29.7 Å². The third kappa shape index (κ3) is 8.38. The minimum Gasteiger partial charge on any atom is -0.378 e. The van der Waals surface area contributed by atoms with Gasteiger partial charge in [0, 0.05) is 94.0 Å². The molecule has 2 aromatic carbocycles. The van der Waals surface area contributed by atoms with Gasteiger partial charge in [0.05, 0.1) is 13.2 Å². The number of nitrogens with one attached hydrogen (secondary N) is 2. The number of anilines is 4. The summed E-state index contributed by atoms with van der Waals surface area (Å²) in [6.45, 7) is 17.4. The number of morpholine rings is 1. The number of hydrogen-bond acceptors (Lipinski definition) is 10. The van der Waals surface area contributed by atoms with E-state index in [0.29, 0.717) is 53.9 Å². The molecule has 13 nitrogen and oxygen atoms in total. The first-order valence-electron chi connectivity index (χ1n) is 17.2. The number of likely N-dealkylation sites (N-methyl/N-ethyl adjacent to an activating group) is 1. The Morgan fingerprint density at radius 1 is 0.729 bits per heavy atom. The van der Waals surface area contributed by atoms with Crippen molar-refractivity contribution in [1.29, 1.82) is 0 Å². The molecule has 0 aliphatic carbocycles. The number of carbonyl (C=O) groups is 2. The van der Waals surface area contributed by atoms with Crippen LogP contribution in [0.3, 0.4) is 0 Å². The molecule has 3 saturated heterocycles. The number of piperazine rings is 1. The van der Waals surface area contributed by atoms with Gasteiger partial charge in [0.25, 0.3) is 5.91 Å². The minimum absolute atomic E-state index is 0.0217. The van der Waals surface area contributed by atoms with E-state index in [-0.39, 0.29) is 11.9 Å². The lowest BCUT2D eigenvalue weighted by molar-refractivity contribution is 0.0643. The van der Waals surface area contributed by atoms with Crippen LogP contribution in [0, 0.1) is 0 Å². The molecule has 3 fully saturated rings. The lowest BCUT2D eigenvalue weighted by atomic mass is 10.1. The molecule has 13 heteroatoms. The Balaban J connectivity index is 1.10. The van der Waals surface area contributed by atoms with Gasteiger partial charge in [0.15, 0.2) is 5.82 Å². The van der Waals surface area contributed by atoms with Crippen LogP contribution in [0.1, 0.15) is 37.6 Å². The highest BCUT2D eigenvalue weighted by atomic mass is 16.5. The molecule has 48 heavy (non-hydrogen) atoms. The summed E-state index contributed by atoms with van der Waals surface area (Å²) in [5, 5.41) is 5.76. The molecule has 3 amide bonds. The molecule has 4 heterocycles. The predicted molar refractivity (Wildman–Crippen MR) is 189 cm³/mol. The van der Waals surface area contributed by atoms with E-state index in [2.05, 4.69) is 51.0 Å². The summed E-state index contributed by atoms with van der Waals surface area (Å²) in [6.07, 6.45) is 1.05. The first-order chi connectivity index (χ1) is 23.4. The first-order valence-corrected chi connectivity index (χ1v) is 17.2. The molecule has 3 aromatic rings. The van der Waals surface area contributed by atoms with Crippen molar-refractivity contribution in [3.63, 3.8) is 0 Å². The van der Waals surface area contributed by atoms with Crippen molar-refractivity contribution in [3.05, 3.63) is 54.1 Å². The van der Waals surface area contributed by atoms with Gasteiger partial charge in [0.1, 0.15) is 0 Å². The van der Waals surface area contributed by atoms with E-state index in [1.807, 2.05) is 29.2 Å². The van der Waals surface area contributed by atoms with Crippen LogP contribution >= 0.6 is 0 Å². The topological polar surface area (TPSA) is 122 Å². The molecule has 256 valence electrons. The summed E-state index contributed by atoms with van der Waals surface area (Å²) in [5.41, 5.74) is 2.70. The Morgan fingerprint density at radius 3 is 1.94 bits per heavy atom. The van der Waals surface area contributed by atoms with Crippen LogP contribution in [0.2, 0.25) is 0 Å². The second-order valence-electron chi connectivity index (χ2n) is 12.8. The monoisotopic (exact) mass is 656 g/mol. The normalized spacial score (nSPS) is 18.1. The van der Waals surface area contributed by atoms with E-state index < -0.39 is 0 Å². The second kappa shape index (κ2) is 15.7. The van der Waals surface area contributed by atoms with Gasteiger partial charge >= 0.3 is 6.03 Å². The molecule has 0 bridgehead atoms. The van der Waals surface area contributed by atoms with Gasteiger partial charge in [-0.2, -0.15) is 15.0 Å². The lowest BCUT2D eigenvalue weighted by Crippen LogP contribution is -2.48. The largest absolute Gasteiger partial charge is 0.378 e.